The fourth-order valence-electron chi connectivity index (χ4n) is 4.87. The number of benzene rings is 2. The first-order valence-electron chi connectivity index (χ1n) is 10.6. The average molecular weight is 389 g/mol. The lowest BCUT2D eigenvalue weighted by Crippen LogP contribution is -2.60. The summed E-state index contributed by atoms with van der Waals surface area (Å²) >= 11 is 0. The smallest absolute Gasteiger partial charge is 0.139 e. The van der Waals surface area contributed by atoms with Crippen LogP contribution in [-0.4, -0.2) is 43.3 Å². The van der Waals surface area contributed by atoms with Gasteiger partial charge in [-0.15, -0.1) is 0 Å². The Morgan fingerprint density at radius 1 is 1.03 bits per heavy atom. The molecule has 2 aromatic carbocycles. The summed E-state index contributed by atoms with van der Waals surface area (Å²) in [6, 6.07) is 14.9. The first-order valence-corrected chi connectivity index (χ1v) is 10.6. The van der Waals surface area contributed by atoms with Crippen LogP contribution in [0.2, 0.25) is 0 Å². The van der Waals surface area contributed by atoms with E-state index in [0.29, 0.717) is 5.41 Å². The van der Waals surface area contributed by atoms with Gasteiger partial charge in [-0.25, -0.2) is 9.97 Å². The fourth-order valence-corrected chi connectivity index (χ4v) is 4.87. The van der Waals surface area contributed by atoms with E-state index in [9.17, 15) is 0 Å². The number of nitrogens with zero attached hydrogens (tertiary/aromatic N) is 3. The predicted molar refractivity (Wildman–Crippen MR) is 117 cm³/mol. The zero-order valence-electron chi connectivity index (χ0n) is 17.0. The van der Waals surface area contributed by atoms with Gasteiger partial charge in [-0.3, -0.25) is 0 Å². The van der Waals surface area contributed by atoms with E-state index >= 15 is 0 Å². The number of ether oxygens (including phenoxy) is 1. The highest BCUT2D eigenvalue weighted by Gasteiger charge is 2.44. The van der Waals surface area contributed by atoms with E-state index in [0.717, 1.165) is 56.1 Å². The number of para-hydroxylation sites is 1. The van der Waals surface area contributed by atoms with Crippen molar-refractivity contribution in [1.82, 2.24) is 15.3 Å². The van der Waals surface area contributed by atoms with E-state index in [1.165, 1.54) is 29.4 Å². The second kappa shape index (κ2) is 7.64. The minimum absolute atomic E-state index is 0.490. The van der Waals surface area contributed by atoms with Crippen molar-refractivity contribution in [2.75, 3.05) is 38.2 Å². The Morgan fingerprint density at radius 2 is 1.86 bits per heavy atom. The van der Waals surface area contributed by atoms with Gasteiger partial charge in [-0.2, -0.15) is 0 Å². The SMILES string of the molecule is COc1ccccc1CCc1ccc2ncnc(N3CC4(CCNCC4)C3)c2c1. The molecule has 0 bridgehead atoms. The van der Waals surface area contributed by atoms with E-state index in [2.05, 4.69) is 50.5 Å². The first kappa shape index (κ1) is 18.4. The summed E-state index contributed by atoms with van der Waals surface area (Å²) in [5.41, 5.74) is 4.08. The number of fused-ring (bicyclic) bond motifs is 1. The van der Waals surface area contributed by atoms with Crippen molar-refractivity contribution in [1.29, 1.82) is 0 Å². The molecule has 2 aliphatic heterocycles. The molecule has 29 heavy (non-hydrogen) atoms. The quantitative estimate of drug-likeness (QED) is 0.724. The highest BCUT2D eigenvalue weighted by atomic mass is 16.5. The highest BCUT2D eigenvalue weighted by Crippen LogP contribution is 2.42. The molecule has 3 aromatic rings. The third-order valence-corrected chi connectivity index (χ3v) is 6.57. The monoisotopic (exact) mass is 388 g/mol. The van der Waals surface area contributed by atoms with Crippen molar-refractivity contribution < 1.29 is 4.74 Å². The van der Waals surface area contributed by atoms with Crippen molar-refractivity contribution in [3.63, 3.8) is 0 Å². The van der Waals surface area contributed by atoms with E-state index in [4.69, 9.17) is 4.74 Å². The highest BCUT2D eigenvalue weighted by molar-refractivity contribution is 5.90. The molecular weight excluding hydrogens is 360 g/mol. The van der Waals surface area contributed by atoms with Crippen LogP contribution < -0.4 is 15.0 Å². The Kier molecular flexibility index (Phi) is 4.84. The third-order valence-electron chi connectivity index (χ3n) is 6.57. The number of hydrogen-bond acceptors (Lipinski definition) is 5. The molecule has 2 saturated heterocycles. The topological polar surface area (TPSA) is 50.3 Å². The average Bonchev–Trinajstić information content (AvgIpc) is 2.76. The number of rotatable bonds is 5. The van der Waals surface area contributed by atoms with E-state index in [1.807, 2.05) is 12.1 Å². The largest absolute Gasteiger partial charge is 0.496 e. The Hall–Kier alpha value is -2.66. The van der Waals surface area contributed by atoms with Gasteiger partial charge in [0.15, 0.2) is 0 Å². The van der Waals surface area contributed by atoms with Crippen LogP contribution in [0.5, 0.6) is 5.75 Å². The van der Waals surface area contributed by atoms with Gasteiger partial charge in [0.1, 0.15) is 17.9 Å². The Labute approximate surface area is 172 Å². The summed E-state index contributed by atoms with van der Waals surface area (Å²) in [6.07, 6.45) is 6.19. The minimum atomic E-state index is 0.490. The number of methoxy groups -OCH3 is 1. The number of piperidine rings is 1. The van der Waals surface area contributed by atoms with Gasteiger partial charge >= 0.3 is 0 Å². The molecule has 0 amide bonds. The van der Waals surface area contributed by atoms with Gasteiger partial charge in [-0.1, -0.05) is 24.3 Å². The molecule has 5 nitrogen and oxygen atoms in total. The second-order valence-corrected chi connectivity index (χ2v) is 8.47. The molecule has 5 heteroatoms. The van der Waals surface area contributed by atoms with E-state index in [-0.39, 0.29) is 0 Å². The lowest BCUT2D eigenvalue weighted by atomic mass is 9.72. The van der Waals surface area contributed by atoms with Crippen LogP contribution in [0.25, 0.3) is 10.9 Å². The molecule has 1 N–H and O–H groups in total. The van der Waals surface area contributed by atoms with Crippen molar-refractivity contribution in [3.05, 3.63) is 59.9 Å². The Morgan fingerprint density at radius 3 is 2.69 bits per heavy atom. The van der Waals surface area contributed by atoms with Crippen LogP contribution in [0.15, 0.2) is 48.8 Å². The molecule has 150 valence electrons. The molecule has 1 spiro atoms. The molecule has 0 aliphatic carbocycles. The summed E-state index contributed by atoms with van der Waals surface area (Å²) in [5, 5.41) is 4.66. The van der Waals surface area contributed by atoms with Gasteiger partial charge in [0.05, 0.1) is 12.6 Å². The molecule has 1 aromatic heterocycles. The van der Waals surface area contributed by atoms with Crippen LogP contribution in [0.3, 0.4) is 0 Å². The zero-order chi connectivity index (χ0) is 19.7. The summed E-state index contributed by atoms with van der Waals surface area (Å²) in [4.78, 5) is 11.6. The Balaban J connectivity index is 1.36. The summed E-state index contributed by atoms with van der Waals surface area (Å²) in [5.74, 6) is 2.06. The zero-order valence-corrected chi connectivity index (χ0v) is 17.0. The van der Waals surface area contributed by atoms with Crippen LogP contribution in [0.1, 0.15) is 24.0 Å². The molecular formula is C24H28N4O. The second-order valence-electron chi connectivity index (χ2n) is 8.47. The van der Waals surface area contributed by atoms with E-state index < -0.39 is 0 Å². The van der Waals surface area contributed by atoms with E-state index in [1.54, 1.807) is 13.4 Å². The van der Waals surface area contributed by atoms with Gasteiger partial charge in [0.25, 0.3) is 0 Å². The van der Waals surface area contributed by atoms with Crippen molar-refractivity contribution in [3.8, 4) is 5.75 Å². The van der Waals surface area contributed by atoms with Crippen LogP contribution in [0.4, 0.5) is 5.82 Å². The maximum atomic E-state index is 5.50. The van der Waals surface area contributed by atoms with Crippen LogP contribution in [0, 0.1) is 5.41 Å². The molecule has 0 radical (unpaired) electrons. The number of aromatic nitrogens is 2. The lowest BCUT2D eigenvalue weighted by molar-refractivity contribution is 0.149. The maximum absolute atomic E-state index is 5.50. The summed E-state index contributed by atoms with van der Waals surface area (Å²) in [7, 11) is 1.74. The number of hydrogen-bond donors (Lipinski definition) is 1. The van der Waals surface area contributed by atoms with Crippen molar-refractivity contribution >= 4 is 16.7 Å². The number of aryl methyl sites for hydroxylation is 2. The first-order chi connectivity index (χ1) is 14.3. The normalized spacial score (nSPS) is 18.0. The standard InChI is InChI=1S/C24H28N4O/c1-29-22-5-3-2-4-19(22)8-6-18-7-9-21-20(14-18)23(27-17-26-21)28-15-24(16-28)10-12-25-13-11-24/h2-5,7,9,14,17,25H,6,8,10-13,15-16H2,1H3. The van der Waals surface area contributed by atoms with Crippen LogP contribution >= 0.6 is 0 Å². The Bertz CT molecular complexity index is 1000. The van der Waals surface area contributed by atoms with Crippen LogP contribution in [-0.2, 0) is 12.8 Å². The summed E-state index contributed by atoms with van der Waals surface area (Å²) < 4.78 is 5.50. The number of nitrogens with one attached hydrogen (secondary N) is 1. The van der Waals surface area contributed by atoms with Crippen molar-refractivity contribution in [2.24, 2.45) is 5.41 Å². The minimum Gasteiger partial charge on any atom is -0.496 e. The molecule has 0 atom stereocenters. The van der Waals surface area contributed by atoms with Gasteiger partial charge < -0.3 is 15.0 Å². The molecule has 2 aliphatic rings. The summed E-state index contributed by atoms with van der Waals surface area (Å²) in [6.45, 7) is 4.52. The molecule has 0 saturated carbocycles. The van der Waals surface area contributed by atoms with Crippen molar-refractivity contribution in [2.45, 2.75) is 25.7 Å². The number of anilines is 1. The van der Waals surface area contributed by atoms with Gasteiger partial charge in [-0.05, 0) is 68.1 Å². The molecule has 3 heterocycles. The maximum Gasteiger partial charge on any atom is 0.139 e. The van der Waals surface area contributed by atoms with Gasteiger partial charge in [0, 0.05) is 23.9 Å². The third kappa shape index (κ3) is 3.55. The molecule has 2 fully saturated rings. The van der Waals surface area contributed by atoms with Gasteiger partial charge in [0.2, 0.25) is 0 Å². The lowest BCUT2D eigenvalue weighted by Gasteiger charge is -2.53. The molecule has 5 rings (SSSR count). The molecule has 0 unspecified atom stereocenters. The predicted octanol–water partition coefficient (Wildman–Crippen LogP) is 3.61. The fraction of sp³-hybridized carbons (Fsp3) is 0.417.